The van der Waals surface area contributed by atoms with Crippen molar-refractivity contribution >= 4 is 28.8 Å². The number of hydrogen-bond acceptors (Lipinski definition) is 6. The van der Waals surface area contributed by atoms with E-state index in [2.05, 4.69) is 20.3 Å². The van der Waals surface area contributed by atoms with Crippen LogP contribution in [-0.4, -0.2) is 46.9 Å². The molecule has 1 amide bonds. The van der Waals surface area contributed by atoms with Crippen molar-refractivity contribution in [3.63, 3.8) is 0 Å². The van der Waals surface area contributed by atoms with Gasteiger partial charge in [0.15, 0.2) is 17.3 Å². The number of carbonyl (C=O) groups excluding carboxylic acids is 1. The summed E-state index contributed by atoms with van der Waals surface area (Å²) in [6, 6.07) is 15.5. The number of amides is 1. The van der Waals surface area contributed by atoms with Gasteiger partial charge in [-0.3, -0.25) is 9.48 Å². The molecule has 2 aromatic carbocycles. The predicted molar refractivity (Wildman–Crippen MR) is 135 cm³/mol. The number of fused-ring (bicyclic) bond motifs is 1. The zero-order chi connectivity index (χ0) is 24.8. The molecule has 0 saturated carbocycles. The Hall–Kier alpha value is -3.89. The first-order valence-electron chi connectivity index (χ1n) is 11.2. The van der Waals surface area contributed by atoms with Crippen LogP contribution in [0, 0.1) is 5.82 Å². The van der Waals surface area contributed by atoms with Gasteiger partial charge < -0.3 is 9.47 Å². The summed E-state index contributed by atoms with van der Waals surface area (Å²) in [5.74, 6) is 0.904. The molecular weight excluding hydrogens is 501 g/mol. The lowest BCUT2D eigenvalue weighted by Gasteiger charge is -2.27. The molecule has 0 bridgehead atoms. The third-order valence-electron chi connectivity index (χ3n) is 6.10. The molecule has 5 aromatic rings. The average Bonchev–Trinajstić information content (AvgIpc) is 3.62. The Balaban J connectivity index is 1.21. The second kappa shape index (κ2) is 8.96. The van der Waals surface area contributed by atoms with Gasteiger partial charge in [-0.15, -0.1) is 21.5 Å². The number of halogens is 2. The summed E-state index contributed by atoms with van der Waals surface area (Å²) < 4.78 is 16.9. The second-order valence-corrected chi connectivity index (χ2v) is 9.70. The molecule has 0 spiro atoms. The lowest BCUT2D eigenvalue weighted by atomic mass is 10.1. The highest BCUT2D eigenvalue weighted by Gasteiger charge is 2.28. The van der Waals surface area contributed by atoms with Gasteiger partial charge in [0.2, 0.25) is 0 Å². The van der Waals surface area contributed by atoms with E-state index in [0.717, 1.165) is 21.8 Å². The van der Waals surface area contributed by atoms with E-state index in [1.165, 1.54) is 23.5 Å². The van der Waals surface area contributed by atoms with Crippen LogP contribution in [0.2, 0.25) is 5.02 Å². The SMILES string of the molecule is Cn1nc(C(=O)N2CCn3c(nnc3-c3csc(-c4ccc(F)cc4)n3)C2)cc1-c1ccc(Cl)cc1. The average molecular weight is 520 g/mol. The molecule has 0 N–H and O–H groups in total. The molecule has 0 radical (unpaired) electrons. The van der Waals surface area contributed by atoms with E-state index >= 15 is 0 Å². The smallest absolute Gasteiger partial charge is 0.274 e. The first kappa shape index (κ1) is 22.6. The molecule has 0 atom stereocenters. The maximum atomic E-state index is 13.3. The molecule has 11 heteroatoms. The first-order chi connectivity index (χ1) is 17.5. The van der Waals surface area contributed by atoms with Crippen LogP contribution in [0.3, 0.4) is 0 Å². The Kier molecular flexibility index (Phi) is 5.62. The Labute approximate surface area is 214 Å². The molecule has 8 nitrogen and oxygen atoms in total. The Morgan fingerprint density at radius 1 is 1.03 bits per heavy atom. The van der Waals surface area contributed by atoms with E-state index in [9.17, 15) is 9.18 Å². The van der Waals surface area contributed by atoms with Gasteiger partial charge in [-0.1, -0.05) is 23.7 Å². The summed E-state index contributed by atoms with van der Waals surface area (Å²) in [6.07, 6.45) is 0. The third kappa shape index (κ3) is 4.08. The van der Waals surface area contributed by atoms with Gasteiger partial charge in [-0.25, -0.2) is 9.37 Å². The molecule has 4 heterocycles. The molecular formula is C25H19ClFN7OS. The third-order valence-corrected chi connectivity index (χ3v) is 7.25. The van der Waals surface area contributed by atoms with Gasteiger partial charge in [0.05, 0.1) is 12.2 Å². The molecule has 0 saturated heterocycles. The van der Waals surface area contributed by atoms with Crippen molar-refractivity contribution in [3.05, 3.63) is 82.3 Å². The number of benzene rings is 2. The Morgan fingerprint density at radius 2 is 1.78 bits per heavy atom. The van der Waals surface area contributed by atoms with E-state index in [-0.39, 0.29) is 11.7 Å². The van der Waals surface area contributed by atoms with Crippen LogP contribution in [0.1, 0.15) is 16.3 Å². The van der Waals surface area contributed by atoms with Crippen LogP contribution < -0.4 is 0 Å². The van der Waals surface area contributed by atoms with E-state index in [4.69, 9.17) is 11.6 Å². The number of nitrogens with zero attached hydrogens (tertiary/aromatic N) is 7. The van der Waals surface area contributed by atoms with Gasteiger partial charge in [0.25, 0.3) is 5.91 Å². The minimum atomic E-state index is -0.284. The minimum Gasteiger partial charge on any atom is -0.328 e. The number of thiazole rings is 1. The van der Waals surface area contributed by atoms with Crippen molar-refractivity contribution in [2.75, 3.05) is 6.54 Å². The van der Waals surface area contributed by atoms with Gasteiger partial charge in [-0.05, 0) is 48.0 Å². The molecule has 180 valence electrons. The highest BCUT2D eigenvalue weighted by Crippen LogP contribution is 2.30. The topological polar surface area (TPSA) is 81.7 Å². The number of aromatic nitrogens is 6. The summed E-state index contributed by atoms with van der Waals surface area (Å²) in [5, 5.41) is 16.5. The summed E-state index contributed by atoms with van der Waals surface area (Å²) in [7, 11) is 1.81. The van der Waals surface area contributed by atoms with Crippen LogP contribution in [0.5, 0.6) is 0 Å². The van der Waals surface area contributed by atoms with Crippen LogP contribution in [0.4, 0.5) is 4.39 Å². The number of carbonyl (C=O) groups is 1. The quantitative estimate of drug-likeness (QED) is 0.337. The number of rotatable bonds is 4. The van der Waals surface area contributed by atoms with Crippen LogP contribution in [0.25, 0.3) is 33.3 Å². The molecule has 1 aliphatic heterocycles. The Bertz CT molecular complexity index is 1570. The van der Waals surface area contributed by atoms with E-state index in [1.807, 2.05) is 41.3 Å². The zero-order valence-corrected chi connectivity index (χ0v) is 20.7. The van der Waals surface area contributed by atoms with Crippen molar-refractivity contribution in [3.8, 4) is 33.3 Å². The molecule has 36 heavy (non-hydrogen) atoms. The molecule has 6 rings (SSSR count). The van der Waals surface area contributed by atoms with E-state index < -0.39 is 0 Å². The lowest BCUT2D eigenvalue weighted by Crippen LogP contribution is -2.38. The zero-order valence-electron chi connectivity index (χ0n) is 19.1. The van der Waals surface area contributed by atoms with Gasteiger partial charge in [0.1, 0.15) is 16.5 Å². The highest BCUT2D eigenvalue weighted by molar-refractivity contribution is 7.13. The van der Waals surface area contributed by atoms with Crippen LogP contribution in [-0.2, 0) is 20.1 Å². The molecule has 0 aliphatic carbocycles. The van der Waals surface area contributed by atoms with Gasteiger partial charge >= 0.3 is 0 Å². The normalized spacial score (nSPS) is 13.1. The standard InChI is InChI=1S/C25H19ClFN7OS/c1-32-21(15-2-6-17(26)7-3-15)12-19(31-32)25(35)33-10-11-34-22(13-33)29-30-23(34)20-14-36-24(28-20)16-4-8-18(27)9-5-16/h2-9,12,14H,10-11,13H2,1H3. The van der Waals surface area contributed by atoms with Crippen LogP contribution in [0.15, 0.2) is 60.0 Å². The summed E-state index contributed by atoms with van der Waals surface area (Å²) in [6.45, 7) is 1.37. The van der Waals surface area contributed by atoms with Gasteiger partial charge in [-0.2, -0.15) is 5.10 Å². The van der Waals surface area contributed by atoms with Crippen molar-refractivity contribution in [1.29, 1.82) is 0 Å². The minimum absolute atomic E-state index is 0.158. The Morgan fingerprint density at radius 3 is 2.56 bits per heavy atom. The van der Waals surface area contributed by atoms with Crippen molar-refractivity contribution in [2.24, 2.45) is 7.05 Å². The van der Waals surface area contributed by atoms with Crippen LogP contribution >= 0.6 is 22.9 Å². The fourth-order valence-electron chi connectivity index (χ4n) is 4.25. The fourth-order valence-corrected chi connectivity index (χ4v) is 5.18. The maximum Gasteiger partial charge on any atom is 0.274 e. The molecule has 0 unspecified atom stereocenters. The predicted octanol–water partition coefficient (Wildman–Crippen LogP) is 4.92. The van der Waals surface area contributed by atoms with Crippen molar-refractivity contribution in [2.45, 2.75) is 13.1 Å². The highest BCUT2D eigenvalue weighted by atomic mass is 35.5. The second-order valence-electron chi connectivity index (χ2n) is 8.41. The van der Waals surface area contributed by atoms with Gasteiger partial charge in [0, 0.05) is 36.1 Å². The fraction of sp³-hybridized carbons (Fsp3) is 0.160. The number of hydrogen-bond donors (Lipinski definition) is 0. The molecule has 1 aliphatic rings. The van der Waals surface area contributed by atoms with E-state index in [0.29, 0.717) is 47.7 Å². The molecule has 3 aromatic heterocycles. The summed E-state index contributed by atoms with van der Waals surface area (Å²) in [4.78, 5) is 19.7. The largest absolute Gasteiger partial charge is 0.328 e. The number of aryl methyl sites for hydroxylation is 1. The summed E-state index contributed by atoms with van der Waals surface area (Å²) >= 11 is 7.47. The summed E-state index contributed by atoms with van der Waals surface area (Å²) in [5.41, 5.74) is 3.68. The van der Waals surface area contributed by atoms with Crippen molar-refractivity contribution < 1.29 is 9.18 Å². The maximum absolute atomic E-state index is 13.3. The first-order valence-corrected chi connectivity index (χ1v) is 12.5. The van der Waals surface area contributed by atoms with E-state index in [1.54, 1.807) is 27.8 Å². The monoisotopic (exact) mass is 519 g/mol. The molecule has 0 fully saturated rings. The lowest BCUT2D eigenvalue weighted by molar-refractivity contribution is 0.0701. The van der Waals surface area contributed by atoms with Crippen molar-refractivity contribution in [1.82, 2.24) is 34.4 Å².